The normalized spacial score (nSPS) is 17.7. The summed E-state index contributed by atoms with van der Waals surface area (Å²) in [5.41, 5.74) is 5.45. The molecule has 1 aromatic heterocycles. The topological polar surface area (TPSA) is 81.1 Å². The number of carbonyl (C=O) groups is 1. The number of rotatable bonds is 7. The van der Waals surface area contributed by atoms with E-state index >= 15 is 0 Å². The molecule has 0 radical (unpaired) electrons. The summed E-state index contributed by atoms with van der Waals surface area (Å²) in [6.45, 7) is 2.78. The fourth-order valence-corrected chi connectivity index (χ4v) is 4.48. The average Bonchev–Trinajstić information content (AvgIpc) is 3.22. The molecule has 0 fully saturated rings. The number of thioether (sulfide) groups is 1. The van der Waals surface area contributed by atoms with Crippen LogP contribution in [-0.2, 0) is 4.79 Å². The van der Waals surface area contributed by atoms with Crippen LogP contribution in [0.25, 0.3) is 11.4 Å². The van der Waals surface area contributed by atoms with Crippen molar-refractivity contribution in [1.82, 2.24) is 20.2 Å². The Labute approximate surface area is 180 Å². The maximum absolute atomic E-state index is 13.0. The van der Waals surface area contributed by atoms with E-state index in [4.69, 9.17) is 4.74 Å². The zero-order valence-electron chi connectivity index (χ0n) is 17.0. The van der Waals surface area contributed by atoms with Gasteiger partial charge in [-0.15, -0.1) is 10.2 Å². The lowest BCUT2D eigenvalue weighted by atomic mass is 10.0. The molecule has 8 heteroatoms. The minimum atomic E-state index is -0.365. The van der Waals surface area contributed by atoms with Crippen LogP contribution in [0.2, 0.25) is 0 Å². The SMILES string of the molecule is CCCCNC(=O)[C@H]1Sc2nnc(-c3ccccc3)n2N[C@H]1c1ccc(OC)cc1. The van der Waals surface area contributed by atoms with Gasteiger partial charge in [0, 0.05) is 12.1 Å². The molecule has 0 saturated carbocycles. The highest BCUT2D eigenvalue weighted by Gasteiger charge is 2.37. The molecule has 2 aromatic carbocycles. The van der Waals surface area contributed by atoms with Crippen LogP contribution in [0.1, 0.15) is 31.4 Å². The van der Waals surface area contributed by atoms with E-state index in [1.165, 1.54) is 11.8 Å². The Kier molecular flexibility index (Phi) is 6.23. The summed E-state index contributed by atoms with van der Waals surface area (Å²) in [6, 6.07) is 17.5. The second-order valence-electron chi connectivity index (χ2n) is 7.07. The molecule has 1 aliphatic rings. The van der Waals surface area contributed by atoms with Crippen molar-refractivity contribution < 1.29 is 9.53 Å². The van der Waals surface area contributed by atoms with Gasteiger partial charge in [-0.25, -0.2) is 4.68 Å². The number of hydrogen-bond acceptors (Lipinski definition) is 6. The van der Waals surface area contributed by atoms with Crippen molar-refractivity contribution in [3.63, 3.8) is 0 Å². The van der Waals surface area contributed by atoms with Crippen molar-refractivity contribution in [2.75, 3.05) is 19.1 Å². The van der Waals surface area contributed by atoms with Gasteiger partial charge in [0.15, 0.2) is 5.82 Å². The standard InChI is InChI=1S/C22H25N5O2S/c1-3-4-14-23-21(28)19-18(15-10-12-17(29-2)13-11-15)26-27-20(24-25-22(27)30-19)16-8-6-5-7-9-16/h5-13,18-19,26H,3-4,14H2,1-2H3,(H,23,28)/t18-,19-/m0/s1. The number of nitrogens with one attached hydrogen (secondary N) is 2. The van der Waals surface area contributed by atoms with E-state index < -0.39 is 0 Å². The van der Waals surface area contributed by atoms with E-state index in [-0.39, 0.29) is 17.2 Å². The number of hydrogen-bond donors (Lipinski definition) is 2. The van der Waals surface area contributed by atoms with Crippen molar-refractivity contribution in [3.8, 4) is 17.1 Å². The highest BCUT2D eigenvalue weighted by Crippen LogP contribution is 2.38. The molecule has 0 bridgehead atoms. The fourth-order valence-electron chi connectivity index (χ4n) is 3.38. The van der Waals surface area contributed by atoms with Crippen LogP contribution in [-0.4, -0.2) is 39.7 Å². The molecule has 2 atom stereocenters. The predicted octanol–water partition coefficient (Wildman–Crippen LogP) is 3.63. The van der Waals surface area contributed by atoms with Crippen LogP contribution in [0.4, 0.5) is 0 Å². The van der Waals surface area contributed by atoms with Crippen LogP contribution >= 0.6 is 11.8 Å². The number of nitrogens with zero attached hydrogens (tertiary/aromatic N) is 3. The van der Waals surface area contributed by atoms with Gasteiger partial charge >= 0.3 is 0 Å². The summed E-state index contributed by atoms with van der Waals surface area (Å²) in [5.74, 6) is 1.50. The van der Waals surface area contributed by atoms with Crippen LogP contribution < -0.4 is 15.5 Å². The summed E-state index contributed by atoms with van der Waals surface area (Å²) in [4.78, 5) is 13.0. The first-order valence-corrected chi connectivity index (χ1v) is 10.9. The molecule has 0 saturated heterocycles. The smallest absolute Gasteiger partial charge is 0.236 e. The number of unbranched alkanes of at least 4 members (excludes halogenated alkanes) is 1. The van der Waals surface area contributed by atoms with E-state index in [0.29, 0.717) is 11.7 Å². The van der Waals surface area contributed by atoms with E-state index in [1.54, 1.807) is 7.11 Å². The Balaban J connectivity index is 1.67. The van der Waals surface area contributed by atoms with Crippen LogP contribution in [0.5, 0.6) is 5.75 Å². The molecule has 1 amide bonds. The van der Waals surface area contributed by atoms with E-state index in [0.717, 1.165) is 35.5 Å². The zero-order valence-corrected chi connectivity index (χ0v) is 17.9. The second kappa shape index (κ2) is 9.21. The predicted molar refractivity (Wildman–Crippen MR) is 118 cm³/mol. The summed E-state index contributed by atoms with van der Waals surface area (Å²) >= 11 is 1.44. The quantitative estimate of drug-likeness (QED) is 0.565. The van der Waals surface area contributed by atoms with Gasteiger partial charge in [-0.3, -0.25) is 4.79 Å². The van der Waals surface area contributed by atoms with Gasteiger partial charge in [0.1, 0.15) is 11.0 Å². The molecule has 0 unspecified atom stereocenters. The highest BCUT2D eigenvalue weighted by molar-refractivity contribution is 8.00. The number of methoxy groups -OCH3 is 1. The van der Waals surface area contributed by atoms with Gasteiger partial charge < -0.3 is 15.5 Å². The molecule has 2 heterocycles. The van der Waals surface area contributed by atoms with E-state index in [1.807, 2.05) is 59.3 Å². The molecule has 3 aromatic rings. The van der Waals surface area contributed by atoms with E-state index in [2.05, 4.69) is 27.9 Å². The Morgan fingerprint density at radius 2 is 1.93 bits per heavy atom. The molecule has 4 rings (SSSR count). The monoisotopic (exact) mass is 423 g/mol. The Hall–Kier alpha value is -3.00. The number of aromatic nitrogens is 3. The maximum Gasteiger partial charge on any atom is 0.236 e. The third kappa shape index (κ3) is 4.14. The lowest BCUT2D eigenvalue weighted by Gasteiger charge is -2.33. The lowest BCUT2D eigenvalue weighted by molar-refractivity contribution is -0.120. The van der Waals surface area contributed by atoms with Crippen molar-refractivity contribution >= 4 is 17.7 Å². The summed E-state index contributed by atoms with van der Waals surface area (Å²) in [5, 5.41) is 12.1. The largest absolute Gasteiger partial charge is 0.497 e. The summed E-state index contributed by atoms with van der Waals surface area (Å²) in [6.07, 6.45) is 1.99. The number of ether oxygens (including phenoxy) is 1. The molecule has 1 aliphatic heterocycles. The number of amides is 1. The maximum atomic E-state index is 13.0. The minimum Gasteiger partial charge on any atom is -0.497 e. The molecule has 156 valence electrons. The first-order chi connectivity index (χ1) is 14.7. The Morgan fingerprint density at radius 1 is 1.17 bits per heavy atom. The van der Waals surface area contributed by atoms with Crippen LogP contribution in [0, 0.1) is 0 Å². The second-order valence-corrected chi connectivity index (χ2v) is 8.18. The molecule has 30 heavy (non-hydrogen) atoms. The number of benzene rings is 2. The highest BCUT2D eigenvalue weighted by atomic mass is 32.2. The number of fused-ring (bicyclic) bond motifs is 1. The first-order valence-electron chi connectivity index (χ1n) is 10.1. The molecule has 0 aliphatic carbocycles. The van der Waals surface area contributed by atoms with Gasteiger partial charge in [-0.2, -0.15) is 0 Å². The minimum absolute atomic E-state index is 0.00252. The Bertz CT molecular complexity index is 991. The third-order valence-corrected chi connectivity index (χ3v) is 6.25. The molecular weight excluding hydrogens is 398 g/mol. The van der Waals surface area contributed by atoms with E-state index in [9.17, 15) is 4.79 Å². The van der Waals surface area contributed by atoms with Gasteiger partial charge in [0.25, 0.3) is 0 Å². The van der Waals surface area contributed by atoms with Gasteiger partial charge in [0.2, 0.25) is 11.1 Å². The Morgan fingerprint density at radius 3 is 2.63 bits per heavy atom. The van der Waals surface area contributed by atoms with Gasteiger partial charge in [-0.1, -0.05) is 67.6 Å². The van der Waals surface area contributed by atoms with Crippen LogP contribution in [0.15, 0.2) is 59.8 Å². The van der Waals surface area contributed by atoms with Crippen molar-refractivity contribution in [2.45, 2.75) is 36.2 Å². The molecular formula is C22H25N5O2S. The third-order valence-electron chi connectivity index (χ3n) is 5.03. The average molecular weight is 424 g/mol. The first kappa shape index (κ1) is 20.3. The van der Waals surface area contributed by atoms with Gasteiger partial charge in [-0.05, 0) is 24.1 Å². The van der Waals surface area contributed by atoms with Crippen molar-refractivity contribution in [2.24, 2.45) is 0 Å². The van der Waals surface area contributed by atoms with Crippen LogP contribution in [0.3, 0.4) is 0 Å². The molecule has 2 N–H and O–H groups in total. The van der Waals surface area contributed by atoms with Crippen molar-refractivity contribution in [3.05, 3.63) is 60.2 Å². The zero-order chi connectivity index (χ0) is 20.9. The lowest BCUT2D eigenvalue weighted by Crippen LogP contribution is -2.44. The summed E-state index contributed by atoms with van der Waals surface area (Å²) < 4.78 is 7.17. The molecule has 0 spiro atoms. The number of carbonyl (C=O) groups excluding carboxylic acids is 1. The summed E-state index contributed by atoms with van der Waals surface area (Å²) in [7, 11) is 1.64. The van der Waals surface area contributed by atoms with Gasteiger partial charge in [0.05, 0.1) is 13.2 Å². The fraction of sp³-hybridized carbons (Fsp3) is 0.318. The molecule has 7 nitrogen and oxygen atoms in total. The van der Waals surface area contributed by atoms with Crippen molar-refractivity contribution in [1.29, 1.82) is 0 Å².